The molecule has 0 aromatic heterocycles. The highest BCUT2D eigenvalue weighted by atomic mass is 19.1. The zero-order valence-electron chi connectivity index (χ0n) is 11.4. The van der Waals surface area contributed by atoms with Crippen LogP contribution in [0.25, 0.3) is 11.1 Å². The highest BCUT2D eigenvalue weighted by molar-refractivity contribution is 5.65. The predicted molar refractivity (Wildman–Crippen MR) is 73.7 cm³/mol. The number of hydrogen-bond donors (Lipinski definition) is 1. The molecule has 0 aliphatic carbocycles. The van der Waals surface area contributed by atoms with Crippen LogP contribution in [0, 0.1) is 17.5 Å². The lowest BCUT2D eigenvalue weighted by molar-refractivity contribution is 0.582. The van der Waals surface area contributed by atoms with Gasteiger partial charge in [0.2, 0.25) is 0 Å². The van der Waals surface area contributed by atoms with Crippen LogP contribution < -0.4 is 5.32 Å². The molecule has 106 valence electrons. The van der Waals surface area contributed by atoms with E-state index in [1.807, 2.05) is 13.8 Å². The number of nitrogens with one attached hydrogen (secondary N) is 1. The first-order valence-corrected chi connectivity index (χ1v) is 6.44. The summed E-state index contributed by atoms with van der Waals surface area (Å²) in [6.45, 7) is 4.58. The molecule has 2 aromatic rings. The van der Waals surface area contributed by atoms with Crippen molar-refractivity contribution in [1.82, 2.24) is 5.32 Å². The molecular weight excluding hydrogens is 263 g/mol. The summed E-state index contributed by atoms with van der Waals surface area (Å²) >= 11 is 0. The van der Waals surface area contributed by atoms with Crippen molar-refractivity contribution < 1.29 is 13.2 Å². The third-order valence-corrected chi connectivity index (χ3v) is 2.92. The van der Waals surface area contributed by atoms with Crippen LogP contribution in [-0.2, 0) is 6.54 Å². The fourth-order valence-electron chi connectivity index (χ4n) is 1.93. The van der Waals surface area contributed by atoms with Gasteiger partial charge in [0.05, 0.1) is 0 Å². The molecule has 0 radical (unpaired) electrons. The lowest BCUT2D eigenvalue weighted by atomic mass is 10.0. The van der Waals surface area contributed by atoms with Crippen molar-refractivity contribution >= 4 is 0 Å². The van der Waals surface area contributed by atoms with E-state index in [2.05, 4.69) is 5.32 Å². The maximum atomic E-state index is 13.9. The van der Waals surface area contributed by atoms with E-state index in [0.29, 0.717) is 12.6 Å². The molecule has 0 amide bonds. The average molecular weight is 279 g/mol. The van der Waals surface area contributed by atoms with E-state index in [1.165, 1.54) is 6.07 Å². The van der Waals surface area contributed by atoms with Gasteiger partial charge in [-0.15, -0.1) is 0 Å². The second-order valence-electron chi connectivity index (χ2n) is 5.01. The average Bonchev–Trinajstić information content (AvgIpc) is 2.36. The van der Waals surface area contributed by atoms with Gasteiger partial charge in [0.15, 0.2) is 0 Å². The predicted octanol–water partition coefficient (Wildman–Crippen LogP) is 4.27. The zero-order valence-corrected chi connectivity index (χ0v) is 11.4. The van der Waals surface area contributed by atoms with Gasteiger partial charge in [0.25, 0.3) is 0 Å². The van der Waals surface area contributed by atoms with Crippen LogP contribution in [0.3, 0.4) is 0 Å². The van der Waals surface area contributed by atoms with E-state index in [4.69, 9.17) is 0 Å². The smallest absolute Gasteiger partial charge is 0.131 e. The van der Waals surface area contributed by atoms with Crippen LogP contribution >= 0.6 is 0 Å². The fourth-order valence-corrected chi connectivity index (χ4v) is 1.93. The summed E-state index contributed by atoms with van der Waals surface area (Å²) in [6, 6.07) is 7.90. The molecule has 0 fully saturated rings. The molecule has 1 N–H and O–H groups in total. The Hall–Kier alpha value is -1.81. The van der Waals surface area contributed by atoms with Gasteiger partial charge in [-0.25, -0.2) is 13.2 Å². The Kier molecular flexibility index (Phi) is 4.45. The molecule has 0 atom stereocenters. The van der Waals surface area contributed by atoms with Crippen molar-refractivity contribution in [2.45, 2.75) is 26.4 Å². The molecule has 2 rings (SSSR count). The van der Waals surface area contributed by atoms with Gasteiger partial charge in [-0.1, -0.05) is 19.9 Å². The fraction of sp³-hybridized carbons (Fsp3) is 0.250. The molecule has 0 unspecified atom stereocenters. The Morgan fingerprint density at radius 3 is 2.20 bits per heavy atom. The number of benzene rings is 2. The first-order valence-electron chi connectivity index (χ1n) is 6.44. The largest absolute Gasteiger partial charge is 0.310 e. The highest BCUT2D eigenvalue weighted by Crippen LogP contribution is 2.25. The van der Waals surface area contributed by atoms with Crippen LogP contribution in [0.5, 0.6) is 0 Å². The van der Waals surface area contributed by atoms with E-state index in [9.17, 15) is 13.2 Å². The summed E-state index contributed by atoms with van der Waals surface area (Å²) in [5.41, 5.74) is 1.26. The van der Waals surface area contributed by atoms with Gasteiger partial charge in [-0.2, -0.15) is 0 Å². The van der Waals surface area contributed by atoms with Crippen molar-refractivity contribution in [3.05, 3.63) is 59.4 Å². The van der Waals surface area contributed by atoms with E-state index in [-0.39, 0.29) is 11.1 Å². The maximum absolute atomic E-state index is 13.9. The van der Waals surface area contributed by atoms with Gasteiger partial charge in [0.1, 0.15) is 17.5 Å². The van der Waals surface area contributed by atoms with Gasteiger partial charge in [-0.3, -0.25) is 0 Å². The minimum absolute atomic E-state index is 0.200. The molecule has 20 heavy (non-hydrogen) atoms. The molecule has 0 saturated heterocycles. The Morgan fingerprint density at radius 2 is 1.60 bits per heavy atom. The minimum Gasteiger partial charge on any atom is -0.310 e. The summed E-state index contributed by atoms with van der Waals surface area (Å²) in [7, 11) is 0. The standard InChI is InChI=1S/C16H16F3N/c1-10(2)20-9-11-3-4-16(19)15(5-11)12-6-13(17)8-14(18)7-12/h3-8,10,20H,9H2,1-2H3. The van der Waals surface area contributed by atoms with Gasteiger partial charge in [0, 0.05) is 24.2 Å². The van der Waals surface area contributed by atoms with Gasteiger partial charge in [-0.05, 0) is 35.4 Å². The molecule has 0 aliphatic heterocycles. The van der Waals surface area contributed by atoms with Crippen molar-refractivity contribution in [3.63, 3.8) is 0 Å². The molecule has 0 spiro atoms. The molecule has 1 nitrogen and oxygen atoms in total. The molecule has 0 bridgehead atoms. The summed E-state index contributed by atoms with van der Waals surface area (Å²) in [5.74, 6) is -1.93. The van der Waals surface area contributed by atoms with E-state index in [0.717, 1.165) is 23.8 Å². The first-order chi connectivity index (χ1) is 9.45. The minimum atomic E-state index is -0.717. The summed E-state index contributed by atoms with van der Waals surface area (Å²) in [5, 5.41) is 3.21. The topological polar surface area (TPSA) is 12.0 Å². The summed E-state index contributed by atoms with van der Waals surface area (Å²) in [6.07, 6.45) is 0. The zero-order chi connectivity index (χ0) is 14.7. The van der Waals surface area contributed by atoms with Crippen LogP contribution in [0.15, 0.2) is 36.4 Å². The van der Waals surface area contributed by atoms with Gasteiger partial charge < -0.3 is 5.32 Å². The van der Waals surface area contributed by atoms with Crippen molar-refractivity contribution in [2.24, 2.45) is 0 Å². The molecule has 2 aromatic carbocycles. The quantitative estimate of drug-likeness (QED) is 0.881. The van der Waals surface area contributed by atoms with Crippen LogP contribution in [0.2, 0.25) is 0 Å². The van der Waals surface area contributed by atoms with E-state index in [1.54, 1.807) is 12.1 Å². The third kappa shape index (κ3) is 3.61. The molecule has 0 heterocycles. The van der Waals surface area contributed by atoms with Crippen LogP contribution in [-0.4, -0.2) is 6.04 Å². The highest BCUT2D eigenvalue weighted by Gasteiger charge is 2.09. The molecule has 0 aliphatic rings. The van der Waals surface area contributed by atoms with Crippen molar-refractivity contribution in [2.75, 3.05) is 0 Å². The van der Waals surface area contributed by atoms with Crippen molar-refractivity contribution in [1.29, 1.82) is 0 Å². The first kappa shape index (κ1) is 14.6. The number of halogens is 3. The summed E-state index contributed by atoms with van der Waals surface area (Å²) in [4.78, 5) is 0. The number of rotatable bonds is 4. The second-order valence-corrected chi connectivity index (χ2v) is 5.01. The SMILES string of the molecule is CC(C)NCc1ccc(F)c(-c2cc(F)cc(F)c2)c1. The molecule has 0 saturated carbocycles. The Bertz CT molecular complexity index is 588. The van der Waals surface area contributed by atoms with Crippen molar-refractivity contribution in [3.8, 4) is 11.1 Å². The third-order valence-electron chi connectivity index (χ3n) is 2.92. The Morgan fingerprint density at radius 1 is 0.950 bits per heavy atom. The molecular formula is C16H16F3N. The Balaban J connectivity index is 2.37. The van der Waals surface area contributed by atoms with Crippen LogP contribution in [0.1, 0.15) is 19.4 Å². The second kappa shape index (κ2) is 6.09. The van der Waals surface area contributed by atoms with E-state index >= 15 is 0 Å². The van der Waals surface area contributed by atoms with Gasteiger partial charge >= 0.3 is 0 Å². The Labute approximate surface area is 116 Å². The number of hydrogen-bond acceptors (Lipinski definition) is 1. The summed E-state index contributed by atoms with van der Waals surface area (Å²) < 4.78 is 40.3. The normalized spacial score (nSPS) is 11.1. The lowest BCUT2D eigenvalue weighted by Crippen LogP contribution is -2.21. The maximum Gasteiger partial charge on any atom is 0.131 e. The monoisotopic (exact) mass is 279 g/mol. The van der Waals surface area contributed by atoms with Crippen LogP contribution in [0.4, 0.5) is 13.2 Å². The van der Waals surface area contributed by atoms with E-state index < -0.39 is 17.5 Å². The molecule has 4 heteroatoms. The lowest BCUT2D eigenvalue weighted by Gasteiger charge is -2.10.